The number of likely N-dealkylation sites (N-methyl/N-ethyl adjacent to an activating group) is 1. The first-order valence-electron chi connectivity index (χ1n) is 11.3. The molecule has 1 aliphatic rings. The SMILES string of the molecule is CCNC(=NCc1cccnc1N1CCN(C)CC1)Nc1cccc(OCCCOC)c1.I. The number of benzene rings is 1. The van der Waals surface area contributed by atoms with E-state index in [0.29, 0.717) is 19.8 Å². The summed E-state index contributed by atoms with van der Waals surface area (Å²) >= 11 is 0. The summed E-state index contributed by atoms with van der Waals surface area (Å²) in [5.74, 6) is 2.59. The minimum absolute atomic E-state index is 0. The number of hydrogen-bond donors (Lipinski definition) is 2. The second kappa shape index (κ2) is 14.9. The highest BCUT2D eigenvalue weighted by Gasteiger charge is 2.17. The highest BCUT2D eigenvalue weighted by atomic mass is 127. The van der Waals surface area contributed by atoms with E-state index in [9.17, 15) is 0 Å². The fourth-order valence-corrected chi connectivity index (χ4v) is 3.52. The Labute approximate surface area is 214 Å². The zero-order valence-electron chi connectivity index (χ0n) is 19.9. The quantitative estimate of drug-likeness (QED) is 0.197. The molecule has 2 heterocycles. The lowest BCUT2D eigenvalue weighted by atomic mass is 10.2. The monoisotopic (exact) mass is 568 g/mol. The Morgan fingerprint density at radius 2 is 1.94 bits per heavy atom. The van der Waals surface area contributed by atoms with Crippen molar-refractivity contribution in [3.63, 3.8) is 0 Å². The van der Waals surface area contributed by atoms with Crippen molar-refractivity contribution >= 4 is 41.4 Å². The molecule has 3 rings (SSSR count). The Balaban J connectivity index is 0.00000385. The van der Waals surface area contributed by atoms with Crippen LogP contribution in [0.4, 0.5) is 11.5 Å². The zero-order valence-corrected chi connectivity index (χ0v) is 22.2. The largest absolute Gasteiger partial charge is 0.493 e. The van der Waals surface area contributed by atoms with Gasteiger partial charge >= 0.3 is 0 Å². The van der Waals surface area contributed by atoms with Crippen LogP contribution in [0.5, 0.6) is 5.75 Å². The number of guanidine groups is 1. The lowest BCUT2D eigenvalue weighted by Gasteiger charge is -2.34. The molecule has 8 nitrogen and oxygen atoms in total. The average molecular weight is 569 g/mol. The van der Waals surface area contributed by atoms with E-state index in [1.807, 2.05) is 36.5 Å². The molecule has 0 spiro atoms. The van der Waals surface area contributed by atoms with Gasteiger partial charge in [-0.25, -0.2) is 9.98 Å². The van der Waals surface area contributed by atoms with Crippen LogP contribution < -0.4 is 20.3 Å². The third-order valence-electron chi connectivity index (χ3n) is 5.28. The lowest BCUT2D eigenvalue weighted by molar-refractivity contribution is 0.172. The van der Waals surface area contributed by atoms with E-state index >= 15 is 0 Å². The summed E-state index contributed by atoms with van der Waals surface area (Å²) in [6.07, 6.45) is 2.72. The van der Waals surface area contributed by atoms with Crippen molar-refractivity contribution in [3.8, 4) is 5.75 Å². The van der Waals surface area contributed by atoms with Crippen LogP contribution in [0.2, 0.25) is 0 Å². The van der Waals surface area contributed by atoms with Crippen LogP contribution in [-0.4, -0.2) is 75.9 Å². The van der Waals surface area contributed by atoms with Gasteiger partial charge in [0, 0.05) is 76.4 Å². The van der Waals surface area contributed by atoms with Gasteiger partial charge in [0.05, 0.1) is 13.2 Å². The normalized spacial score (nSPS) is 14.5. The number of nitrogens with one attached hydrogen (secondary N) is 2. The molecule has 9 heteroatoms. The number of pyridine rings is 1. The summed E-state index contributed by atoms with van der Waals surface area (Å²) in [4.78, 5) is 14.2. The highest BCUT2D eigenvalue weighted by molar-refractivity contribution is 14.0. The van der Waals surface area contributed by atoms with Crippen LogP contribution in [0.15, 0.2) is 47.6 Å². The van der Waals surface area contributed by atoms with Gasteiger partial charge in [-0.05, 0) is 32.2 Å². The van der Waals surface area contributed by atoms with Gasteiger partial charge in [0.25, 0.3) is 0 Å². The lowest BCUT2D eigenvalue weighted by Crippen LogP contribution is -2.45. The molecule has 0 radical (unpaired) electrons. The average Bonchev–Trinajstić information content (AvgIpc) is 2.81. The number of nitrogens with zero attached hydrogens (tertiary/aromatic N) is 4. The molecule has 0 amide bonds. The van der Waals surface area contributed by atoms with Crippen LogP contribution in [0.3, 0.4) is 0 Å². The predicted octanol–water partition coefficient (Wildman–Crippen LogP) is 3.44. The van der Waals surface area contributed by atoms with Crippen LogP contribution >= 0.6 is 24.0 Å². The Kier molecular flexibility index (Phi) is 12.3. The highest BCUT2D eigenvalue weighted by Crippen LogP contribution is 2.20. The summed E-state index contributed by atoms with van der Waals surface area (Å²) in [6, 6.07) is 12.0. The topological polar surface area (TPSA) is 74.3 Å². The maximum atomic E-state index is 5.81. The summed E-state index contributed by atoms with van der Waals surface area (Å²) in [7, 11) is 3.86. The molecule has 1 aromatic carbocycles. The number of aliphatic imine (C=N–C) groups is 1. The molecule has 0 unspecified atom stereocenters. The van der Waals surface area contributed by atoms with Gasteiger partial charge in [-0.3, -0.25) is 0 Å². The standard InChI is InChI=1S/C24H36N6O2.HI/c1-4-25-24(28-21-9-5-10-22(18-21)32-17-7-16-31-3)27-19-20-8-6-11-26-23(20)30-14-12-29(2)13-15-30;/h5-6,8-11,18H,4,7,12-17,19H2,1-3H3,(H2,25,27,28);1H. The molecule has 1 aliphatic heterocycles. The van der Waals surface area contributed by atoms with Crippen LogP contribution in [0, 0.1) is 0 Å². The molecule has 182 valence electrons. The van der Waals surface area contributed by atoms with Gasteiger partial charge in [0.15, 0.2) is 5.96 Å². The molecule has 1 aromatic heterocycles. The predicted molar refractivity (Wildman–Crippen MR) is 146 cm³/mol. The third kappa shape index (κ3) is 8.98. The second-order valence-electron chi connectivity index (χ2n) is 7.82. The zero-order chi connectivity index (χ0) is 22.6. The summed E-state index contributed by atoms with van der Waals surface area (Å²) in [5.41, 5.74) is 2.06. The molecule has 33 heavy (non-hydrogen) atoms. The van der Waals surface area contributed by atoms with Crippen LogP contribution in [-0.2, 0) is 11.3 Å². The molecule has 1 fully saturated rings. The number of piperazine rings is 1. The maximum absolute atomic E-state index is 5.81. The number of ether oxygens (including phenoxy) is 2. The molecule has 0 bridgehead atoms. The Morgan fingerprint density at radius 3 is 2.70 bits per heavy atom. The van der Waals surface area contributed by atoms with Gasteiger partial charge in [0.1, 0.15) is 11.6 Å². The fraction of sp³-hybridized carbons (Fsp3) is 0.500. The van der Waals surface area contributed by atoms with Crippen molar-refractivity contribution in [1.82, 2.24) is 15.2 Å². The Hall–Kier alpha value is -2.11. The molecule has 0 atom stereocenters. The van der Waals surface area contributed by atoms with E-state index in [2.05, 4.69) is 45.5 Å². The van der Waals surface area contributed by atoms with E-state index in [1.54, 1.807) is 7.11 Å². The number of halogens is 1. The van der Waals surface area contributed by atoms with E-state index < -0.39 is 0 Å². The maximum Gasteiger partial charge on any atom is 0.196 e. The molecule has 0 aliphatic carbocycles. The minimum atomic E-state index is 0. The van der Waals surface area contributed by atoms with Gasteiger partial charge in [-0.2, -0.15) is 0 Å². The van der Waals surface area contributed by atoms with Crippen molar-refractivity contribution in [3.05, 3.63) is 48.2 Å². The van der Waals surface area contributed by atoms with Gasteiger partial charge < -0.3 is 29.9 Å². The molecule has 0 saturated carbocycles. The molecule has 2 aromatic rings. The smallest absolute Gasteiger partial charge is 0.196 e. The summed E-state index contributed by atoms with van der Waals surface area (Å²) in [6.45, 7) is 8.78. The third-order valence-corrected chi connectivity index (χ3v) is 5.28. The molecule has 2 N–H and O–H groups in total. The number of anilines is 2. The first-order valence-corrected chi connectivity index (χ1v) is 11.3. The fourth-order valence-electron chi connectivity index (χ4n) is 3.52. The van der Waals surface area contributed by atoms with E-state index in [0.717, 1.165) is 67.9 Å². The van der Waals surface area contributed by atoms with E-state index in [1.165, 1.54) is 0 Å². The van der Waals surface area contributed by atoms with Crippen molar-refractivity contribution in [2.24, 2.45) is 4.99 Å². The summed E-state index contributed by atoms with van der Waals surface area (Å²) in [5, 5.41) is 6.72. The van der Waals surface area contributed by atoms with Crippen molar-refractivity contribution in [1.29, 1.82) is 0 Å². The first kappa shape index (κ1) is 27.1. The number of aromatic nitrogens is 1. The van der Waals surface area contributed by atoms with Gasteiger partial charge in [-0.1, -0.05) is 12.1 Å². The Morgan fingerprint density at radius 1 is 1.12 bits per heavy atom. The summed E-state index contributed by atoms with van der Waals surface area (Å²) < 4.78 is 10.9. The first-order chi connectivity index (χ1) is 15.7. The van der Waals surface area contributed by atoms with Crippen molar-refractivity contribution in [2.45, 2.75) is 19.9 Å². The van der Waals surface area contributed by atoms with Gasteiger partial charge in [-0.15, -0.1) is 24.0 Å². The molecule has 1 saturated heterocycles. The minimum Gasteiger partial charge on any atom is -0.493 e. The Bertz CT molecular complexity index is 858. The molecular formula is C24H37IN6O2. The van der Waals surface area contributed by atoms with Crippen LogP contribution in [0.25, 0.3) is 0 Å². The van der Waals surface area contributed by atoms with Gasteiger partial charge in [0.2, 0.25) is 0 Å². The van der Waals surface area contributed by atoms with E-state index in [-0.39, 0.29) is 24.0 Å². The van der Waals surface area contributed by atoms with E-state index in [4.69, 9.17) is 14.5 Å². The van der Waals surface area contributed by atoms with Crippen molar-refractivity contribution in [2.75, 3.05) is 70.3 Å². The number of rotatable bonds is 10. The van der Waals surface area contributed by atoms with Crippen LogP contribution in [0.1, 0.15) is 18.9 Å². The van der Waals surface area contributed by atoms with Crippen molar-refractivity contribution < 1.29 is 9.47 Å². The second-order valence-corrected chi connectivity index (χ2v) is 7.82. The molecular weight excluding hydrogens is 531 g/mol. The number of methoxy groups -OCH3 is 1. The number of hydrogen-bond acceptors (Lipinski definition) is 6.